The fourth-order valence-electron chi connectivity index (χ4n) is 1.47. The fourth-order valence-corrected chi connectivity index (χ4v) is 1.47. The van der Waals surface area contributed by atoms with Crippen molar-refractivity contribution in [1.29, 1.82) is 0 Å². The van der Waals surface area contributed by atoms with Crippen LogP contribution in [0, 0.1) is 6.92 Å². The minimum Gasteiger partial charge on any atom is -0.379 e. The lowest BCUT2D eigenvalue weighted by Gasteiger charge is -2.27. The zero-order valence-electron chi connectivity index (χ0n) is 8.42. The molecule has 2 heterocycles. The summed E-state index contributed by atoms with van der Waals surface area (Å²) in [5.41, 5.74) is 5.71. The average molecular weight is 196 g/mol. The number of aryl methyl sites for hydroxylation is 1. The molecule has 2 N–H and O–H groups in total. The first-order valence-corrected chi connectivity index (χ1v) is 4.91. The summed E-state index contributed by atoms with van der Waals surface area (Å²) in [7, 11) is 0. The molecule has 5 heteroatoms. The number of rotatable bonds is 3. The number of ether oxygens (including phenoxy) is 1. The Balaban J connectivity index is 1.79. The highest BCUT2D eigenvalue weighted by molar-refractivity contribution is 5.13. The highest BCUT2D eigenvalue weighted by Gasteiger charge is 2.09. The molecule has 1 aliphatic rings. The number of aromatic nitrogens is 2. The molecule has 14 heavy (non-hydrogen) atoms. The Kier molecular flexibility index (Phi) is 3.13. The van der Waals surface area contributed by atoms with Gasteiger partial charge in [-0.25, -0.2) is 5.01 Å². The Morgan fingerprint density at radius 1 is 1.57 bits per heavy atom. The van der Waals surface area contributed by atoms with E-state index >= 15 is 0 Å². The van der Waals surface area contributed by atoms with E-state index in [9.17, 15) is 0 Å². The molecule has 5 nitrogen and oxygen atoms in total. The maximum absolute atomic E-state index is 5.26. The maximum atomic E-state index is 5.26. The summed E-state index contributed by atoms with van der Waals surface area (Å²) in [6.45, 7) is 6.41. The first kappa shape index (κ1) is 9.64. The molecule has 0 aliphatic carbocycles. The van der Waals surface area contributed by atoms with Gasteiger partial charge in [-0.2, -0.15) is 5.10 Å². The summed E-state index contributed by atoms with van der Waals surface area (Å²) in [6.07, 6.45) is 1.86. The molecular weight excluding hydrogens is 180 g/mol. The van der Waals surface area contributed by atoms with Crippen molar-refractivity contribution in [3.8, 4) is 0 Å². The highest BCUT2D eigenvalue weighted by atomic mass is 16.5. The maximum Gasteiger partial charge on any atom is 0.0608 e. The van der Waals surface area contributed by atoms with E-state index in [0.717, 1.165) is 38.5 Å². The van der Waals surface area contributed by atoms with Crippen LogP contribution in [0.5, 0.6) is 0 Å². The Labute approximate surface area is 83.4 Å². The molecule has 0 amide bonds. The lowest BCUT2D eigenvalue weighted by Crippen LogP contribution is -2.45. The van der Waals surface area contributed by atoms with Crippen molar-refractivity contribution in [3.63, 3.8) is 0 Å². The SMILES string of the molecule is Cc1[nH]ncc1CNN1CCOCC1. The third kappa shape index (κ3) is 2.31. The molecule has 1 aliphatic heterocycles. The summed E-state index contributed by atoms with van der Waals surface area (Å²) in [6, 6.07) is 0. The van der Waals surface area contributed by atoms with Gasteiger partial charge in [-0.15, -0.1) is 0 Å². The van der Waals surface area contributed by atoms with E-state index in [-0.39, 0.29) is 0 Å². The summed E-state index contributed by atoms with van der Waals surface area (Å²) in [4.78, 5) is 0. The van der Waals surface area contributed by atoms with Crippen LogP contribution < -0.4 is 5.43 Å². The number of H-pyrrole nitrogens is 1. The largest absolute Gasteiger partial charge is 0.379 e. The number of nitrogens with one attached hydrogen (secondary N) is 2. The number of aromatic amines is 1. The standard InChI is InChI=1S/C9H16N4O/c1-8-9(6-10-12-8)7-11-13-2-4-14-5-3-13/h6,11H,2-5,7H2,1H3,(H,10,12). The number of hydrazine groups is 1. The quantitative estimate of drug-likeness (QED) is 0.717. The van der Waals surface area contributed by atoms with Gasteiger partial charge in [0.2, 0.25) is 0 Å². The van der Waals surface area contributed by atoms with Crippen molar-refractivity contribution < 1.29 is 4.74 Å². The average Bonchev–Trinajstić information content (AvgIpc) is 2.63. The second-order valence-corrected chi connectivity index (χ2v) is 3.45. The third-order valence-electron chi connectivity index (χ3n) is 2.44. The number of hydrogen-bond donors (Lipinski definition) is 2. The minimum absolute atomic E-state index is 0.817. The van der Waals surface area contributed by atoms with Crippen LogP contribution in [0.25, 0.3) is 0 Å². The van der Waals surface area contributed by atoms with Gasteiger partial charge in [-0.05, 0) is 6.92 Å². The smallest absolute Gasteiger partial charge is 0.0608 e. The monoisotopic (exact) mass is 196 g/mol. The lowest BCUT2D eigenvalue weighted by molar-refractivity contribution is 0.0105. The van der Waals surface area contributed by atoms with Crippen molar-refractivity contribution in [1.82, 2.24) is 20.6 Å². The molecule has 0 saturated carbocycles. The van der Waals surface area contributed by atoms with Crippen LogP contribution in [0.3, 0.4) is 0 Å². The zero-order chi connectivity index (χ0) is 9.80. The van der Waals surface area contributed by atoms with Gasteiger partial charge in [0.15, 0.2) is 0 Å². The Morgan fingerprint density at radius 2 is 2.36 bits per heavy atom. The summed E-state index contributed by atoms with van der Waals surface area (Å²) >= 11 is 0. The van der Waals surface area contributed by atoms with Gasteiger partial charge in [-0.3, -0.25) is 10.5 Å². The van der Waals surface area contributed by atoms with Crippen molar-refractivity contribution in [2.24, 2.45) is 0 Å². The van der Waals surface area contributed by atoms with Gasteiger partial charge in [0.25, 0.3) is 0 Å². The van der Waals surface area contributed by atoms with E-state index in [1.54, 1.807) is 0 Å². The van der Waals surface area contributed by atoms with E-state index in [1.165, 1.54) is 5.56 Å². The van der Waals surface area contributed by atoms with Crippen molar-refractivity contribution >= 4 is 0 Å². The van der Waals surface area contributed by atoms with Gasteiger partial charge in [0.1, 0.15) is 0 Å². The summed E-state index contributed by atoms with van der Waals surface area (Å²) in [5, 5.41) is 9.09. The molecule has 2 rings (SSSR count). The topological polar surface area (TPSA) is 53.2 Å². The van der Waals surface area contributed by atoms with E-state index in [2.05, 4.69) is 20.6 Å². The van der Waals surface area contributed by atoms with Crippen LogP contribution in [0.4, 0.5) is 0 Å². The number of hydrogen-bond acceptors (Lipinski definition) is 4. The van der Waals surface area contributed by atoms with Crippen LogP contribution >= 0.6 is 0 Å². The van der Waals surface area contributed by atoms with Crippen LogP contribution in [-0.2, 0) is 11.3 Å². The van der Waals surface area contributed by atoms with Crippen molar-refractivity contribution in [3.05, 3.63) is 17.5 Å². The highest BCUT2D eigenvalue weighted by Crippen LogP contribution is 2.02. The normalized spacial score (nSPS) is 18.6. The Bertz CT molecular complexity index is 280. The van der Waals surface area contributed by atoms with E-state index in [0.29, 0.717) is 0 Å². The molecule has 0 spiro atoms. The molecule has 1 fully saturated rings. The molecule has 0 aromatic carbocycles. The minimum atomic E-state index is 0.817. The van der Waals surface area contributed by atoms with E-state index in [1.807, 2.05) is 13.1 Å². The fraction of sp³-hybridized carbons (Fsp3) is 0.667. The van der Waals surface area contributed by atoms with Crippen molar-refractivity contribution in [2.75, 3.05) is 26.3 Å². The van der Waals surface area contributed by atoms with Gasteiger partial charge in [-0.1, -0.05) is 0 Å². The summed E-state index contributed by atoms with van der Waals surface area (Å²) in [5.74, 6) is 0. The summed E-state index contributed by atoms with van der Waals surface area (Å²) < 4.78 is 5.26. The first-order chi connectivity index (χ1) is 6.86. The molecular formula is C9H16N4O. The molecule has 1 saturated heterocycles. The molecule has 0 bridgehead atoms. The van der Waals surface area contributed by atoms with Crippen LogP contribution in [0.1, 0.15) is 11.3 Å². The van der Waals surface area contributed by atoms with Crippen LogP contribution in [-0.4, -0.2) is 41.5 Å². The molecule has 0 radical (unpaired) electrons. The molecule has 0 atom stereocenters. The van der Waals surface area contributed by atoms with Crippen molar-refractivity contribution in [2.45, 2.75) is 13.5 Å². The third-order valence-corrected chi connectivity index (χ3v) is 2.44. The predicted molar refractivity (Wildman–Crippen MR) is 52.6 cm³/mol. The second-order valence-electron chi connectivity index (χ2n) is 3.45. The van der Waals surface area contributed by atoms with Gasteiger partial charge >= 0.3 is 0 Å². The van der Waals surface area contributed by atoms with Gasteiger partial charge < -0.3 is 4.74 Å². The Morgan fingerprint density at radius 3 is 3.00 bits per heavy atom. The van der Waals surface area contributed by atoms with E-state index in [4.69, 9.17) is 4.74 Å². The zero-order valence-corrected chi connectivity index (χ0v) is 8.42. The van der Waals surface area contributed by atoms with Crippen LogP contribution in [0.2, 0.25) is 0 Å². The molecule has 78 valence electrons. The molecule has 0 unspecified atom stereocenters. The van der Waals surface area contributed by atoms with Crippen LogP contribution in [0.15, 0.2) is 6.20 Å². The van der Waals surface area contributed by atoms with E-state index < -0.39 is 0 Å². The first-order valence-electron chi connectivity index (χ1n) is 4.91. The molecule has 1 aromatic heterocycles. The second kappa shape index (κ2) is 4.54. The number of morpholine rings is 1. The Hall–Kier alpha value is -0.910. The number of nitrogens with zero attached hydrogens (tertiary/aromatic N) is 2. The molecule has 1 aromatic rings. The van der Waals surface area contributed by atoms with Gasteiger partial charge in [0, 0.05) is 30.9 Å². The predicted octanol–water partition coefficient (Wildman–Crippen LogP) is 0.0549. The van der Waals surface area contributed by atoms with Gasteiger partial charge in [0.05, 0.1) is 19.4 Å². The lowest BCUT2D eigenvalue weighted by atomic mass is 10.3.